The minimum Gasteiger partial charge on any atom is -0.479 e. The van der Waals surface area contributed by atoms with Crippen LogP contribution in [-0.4, -0.2) is 36.8 Å². The largest absolute Gasteiger partial charge is 0.479 e. The highest BCUT2D eigenvalue weighted by Crippen LogP contribution is 2.36. The molecule has 174 valence electrons. The number of carbonyl (C=O) groups excluding carboxylic acids is 1. The summed E-state index contributed by atoms with van der Waals surface area (Å²) in [4.78, 5) is 39.2. The summed E-state index contributed by atoms with van der Waals surface area (Å²) in [6.07, 6.45) is 0.702. The van der Waals surface area contributed by atoms with Crippen LogP contribution in [0, 0.1) is 6.92 Å². The minimum absolute atomic E-state index is 0.226. The Morgan fingerprint density at radius 3 is 2.38 bits per heavy atom. The monoisotopic (exact) mass is 495 g/mol. The van der Waals surface area contributed by atoms with Crippen LogP contribution in [0.2, 0.25) is 0 Å². The van der Waals surface area contributed by atoms with E-state index in [9.17, 15) is 14.4 Å². The molecule has 1 unspecified atom stereocenters. The van der Waals surface area contributed by atoms with Crippen LogP contribution in [0.25, 0.3) is 11.8 Å². The molecular weight excluding hydrogens is 474 g/mol. The average molecular weight is 496 g/mol. The van der Waals surface area contributed by atoms with Gasteiger partial charge in [0.1, 0.15) is 11.4 Å². The van der Waals surface area contributed by atoms with Gasteiger partial charge in [-0.05, 0) is 49.8 Å². The fourth-order valence-corrected chi connectivity index (χ4v) is 4.79. The molecule has 3 aromatic rings. The normalized spacial score (nSPS) is 15.7. The molecule has 4 rings (SSSR count). The number of amides is 1. The van der Waals surface area contributed by atoms with E-state index in [0.717, 1.165) is 11.8 Å². The maximum atomic E-state index is 13.3. The third-order valence-electron chi connectivity index (χ3n) is 5.38. The number of hydrogen-bond donors (Lipinski definition) is 1. The van der Waals surface area contributed by atoms with Crippen molar-refractivity contribution >= 4 is 51.9 Å². The molecule has 8 nitrogen and oxygen atoms in total. The number of para-hydroxylation sites is 1. The summed E-state index contributed by atoms with van der Waals surface area (Å²) in [6, 6.07) is 15.9. The molecule has 1 amide bonds. The van der Waals surface area contributed by atoms with Gasteiger partial charge < -0.3 is 9.84 Å². The summed E-state index contributed by atoms with van der Waals surface area (Å²) in [5.41, 5.74) is 1.90. The molecule has 2 aromatic carbocycles. The second kappa shape index (κ2) is 9.32. The van der Waals surface area contributed by atoms with Gasteiger partial charge in [-0.2, -0.15) is 0 Å². The Kier molecular flexibility index (Phi) is 6.45. The Labute approximate surface area is 205 Å². The average Bonchev–Trinajstić information content (AvgIpc) is 3.20. The van der Waals surface area contributed by atoms with Crippen LogP contribution in [0.15, 0.2) is 64.3 Å². The number of carboxylic acids is 1. The maximum Gasteiger partial charge on any atom is 0.344 e. The Morgan fingerprint density at radius 1 is 1.12 bits per heavy atom. The first-order chi connectivity index (χ1) is 16.2. The molecule has 1 atom stereocenters. The van der Waals surface area contributed by atoms with E-state index < -0.39 is 12.1 Å². The lowest BCUT2D eigenvalue weighted by Crippen LogP contribution is -2.33. The number of thiocarbonyl (C=S) groups is 1. The summed E-state index contributed by atoms with van der Waals surface area (Å²) in [6.45, 7) is 3.22. The molecule has 0 aliphatic carbocycles. The van der Waals surface area contributed by atoms with Gasteiger partial charge in [0.2, 0.25) is 0 Å². The molecular formula is C24H21N3O5S2. The Morgan fingerprint density at radius 2 is 1.76 bits per heavy atom. The van der Waals surface area contributed by atoms with Crippen LogP contribution in [0.4, 0.5) is 5.69 Å². The van der Waals surface area contributed by atoms with Gasteiger partial charge in [-0.15, -0.1) is 0 Å². The second-order valence-electron chi connectivity index (χ2n) is 7.59. The van der Waals surface area contributed by atoms with Crippen LogP contribution in [0.1, 0.15) is 18.2 Å². The molecule has 1 saturated heterocycles. The molecule has 0 saturated carbocycles. The van der Waals surface area contributed by atoms with Gasteiger partial charge in [0.25, 0.3) is 11.5 Å². The number of carboxylic acid groups (broad SMARTS) is 1. The first kappa shape index (κ1) is 23.5. The van der Waals surface area contributed by atoms with E-state index in [1.54, 1.807) is 49.0 Å². The Balaban J connectivity index is 1.64. The Bertz CT molecular complexity index is 1370. The molecule has 0 radical (unpaired) electrons. The molecule has 34 heavy (non-hydrogen) atoms. The zero-order valence-corrected chi connectivity index (χ0v) is 20.2. The topological polar surface area (TPSA) is 93.8 Å². The number of anilines is 1. The van der Waals surface area contributed by atoms with Crippen molar-refractivity contribution in [3.05, 3.63) is 81.1 Å². The maximum absolute atomic E-state index is 13.3. The highest BCUT2D eigenvalue weighted by molar-refractivity contribution is 8.27. The summed E-state index contributed by atoms with van der Waals surface area (Å²) < 4.78 is 8.81. The lowest BCUT2D eigenvalue weighted by atomic mass is 10.2. The number of hydrogen-bond acceptors (Lipinski definition) is 6. The fraction of sp³-hybridized carbons (Fsp3) is 0.167. The SMILES string of the molecule is Cc1c(N2C(=O)/C(=C\c3ccc(OC(C)C(=O)O)cc3)SC2=S)c(=O)n(-c2ccccc2)n1C. The van der Waals surface area contributed by atoms with E-state index in [1.807, 2.05) is 30.3 Å². The molecule has 1 fully saturated rings. The van der Waals surface area contributed by atoms with E-state index in [2.05, 4.69) is 0 Å². The summed E-state index contributed by atoms with van der Waals surface area (Å²) in [5.74, 6) is -1.03. The summed E-state index contributed by atoms with van der Waals surface area (Å²) in [5, 5.41) is 8.97. The predicted molar refractivity (Wildman–Crippen MR) is 136 cm³/mol. The zero-order chi connectivity index (χ0) is 24.6. The quantitative estimate of drug-likeness (QED) is 0.411. The summed E-state index contributed by atoms with van der Waals surface area (Å²) >= 11 is 6.59. The minimum atomic E-state index is -1.06. The molecule has 10 heteroatoms. The summed E-state index contributed by atoms with van der Waals surface area (Å²) in [7, 11) is 1.76. The molecule has 1 aliphatic heterocycles. The highest BCUT2D eigenvalue weighted by atomic mass is 32.2. The van der Waals surface area contributed by atoms with Crippen molar-refractivity contribution < 1.29 is 19.4 Å². The zero-order valence-electron chi connectivity index (χ0n) is 18.6. The van der Waals surface area contributed by atoms with Crippen LogP contribution < -0.4 is 15.2 Å². The number of aliphatic carboxylic acids is 1. The first-order valence-corrected chi connectivity index (χ1v) is 11.5. The van der Waals surface area contributed by atoms with Gasteiger partial charge >= 0.3 is 5.97 Å². The van der Waals surface area contributed by atoms with Crippen molar-refractivity contribution in [1.29, 1.82) is 0 Å². The van der Waals surface area contributed by atoms with E-state index in [4.69, 9.17) is 22.1 Å². The number of thioether (sulfide) groups is 1. The lowest BCUT2D eigenvalue weighted by Gasteiger charge is -2.12. The molecule has 0 spiro atoms. The number of ether oxygens (including phenoxy) is 1. The third kappa shape index (κ3) is 4.29. The van der Waals surface area contributed by atoms with Crippen molar-refractivity contribution in [2.45, 2.75) is 20.0 Å². The van der Waals surface area contributed by atoms with E-state index in [-0.39, 0.29) is 21.5 Å². The standard InChI is InChI=1S/C24H21N3O5S2/c1-14-20(22(29)27(25(14)3)17-7-5-4-6-8-17)26-21(28)19(34-24(26)33)13-16-9-11-18(12-10-16)32-15(2)23(30)31/h4-13,15H,1-3H3,(H,30,31)/b19-13+. The molecule has 1 aromatic heterocycles. The first-order valence-electron chi connectivity index (χ1n) is 10.3. The highest BCUT2D eigenvalue weighted by Gasteiger charge is 2.37. The van der Waals surface area contributed by atoms with Crippen molar-refractivity contribution in [3.8, 4) is 11.4 Å². The molecule has 1 aliphatic rings. The smallest absolute Gasteiger partial charge is 0.344 e. The van der Waals surface area contributed by atoms with Crippen molar-refractivity contribution in [2.75, 3.05) is 4.90 Å². The van der Waals surface area contributed by atoms with Crippen LogP contribution >= 0.6 is 24.0 Å². The second-order valence-corrected chi connectivity index (χ2v) is 9.27. The van der Waals surface area contributed by atoms with E-state index in [1.165, 1.54) is 16.5 Å². The fourth-order valence-electron chi connectivity index (χ4n) is 3.52. The Hall–Kier alpha value is -3.63. The van der Waals surface area contributed by atoms with Crippen molar-refractivity contribution in [2.24, 2.45) is 7.05 Å². The molecule has 2 heterocycles. The van der Waals surface area contributed by atoms with Crippen LogP contribution in [0.3, 0.4) is 0 Å². The van der Waals surface area contributed by atoms with Gasteiger partial charge in [-0.3, -0.25) is 19.2 Å². The van der Waals surface area contributed by atoms with Gasteiger partial charge in [-0.25, -0.2) is 9.48 Å². The van der Waals surface area contributed by atoms with Gasteiger partial charge in [0.15, 0.2) is 10.4 Å². The van der Waals surface area contributed by atoms with E-state index >= 15 is 0 Å². The predicted octanol–water partition coefficient (Wildman–Crippen LogP) is 3.74. The van der Waals surface area contributed by atoms with Gasteiger partial charge in [0, 0.05) is 7.05 Å². The number of aromatic nitrogens is 2. The number of rotatable bonds is 6. The lowest BCUT2D eigenvalue weighted by molar-refractivity contribution is -0.144. The van der Waals surface area contributed by atoms with Crippen molar-refractivity contribution in [1.82, 2.24) is 9.36 Å². The molecule has 1 N–H and O–H groups in total. The molecule has 0 bridgehead atoms. The van der Waals surface area contributed by atoms with Crippen LogP contribution in [-0.2, 0) is 16.6 Å². The van der Waals surface area contributed by atoms with E-state index in [0.29, 0.717) is 27.6 Å². The number of nitrogens with zero attached hydrogens (tertiary/aromatic N) is 3. The van der Waals surface area contributed by atoms with Gasteiger partial charge in [-0.1, -0.05) is 54.3 Å². The van der Waals surface area contributed by atoms with Crippen LogP contribution in [0.5, 0.6) is 5.75 Å². The number of benzene rings is 2. The van der Waals surface area contributed by atoms with Crippen molar-refractivity contribution in [3.63, 3.8) is 0 Å². The van der Waals surface area contributed by atoms with Gasteiger partial charge in [0.05, 0.1) is 16.3 Å². The number of carbonyl (C=O) groups is 2. The third-order valence-corrected chi connectivity index (χ3v) is 6.68.